The fourth-order valence-corrected chi connectivity index (χ4v) is 3.28. The maximum Gasteiger partial charge on any atom is 0.191 e. The van der Waals surface area contributed by atoms with E-state index in [-0.39, 0.29) is 0 Å². The second-order valence-electron chi connectivity index (χ2n) is 6.25. The number of aliphatic imine (C=N–C) groups is 1. The fraction of sp³-hybridized carbons (Fsp3) is 0.765. The minimum atomic E-state index is 0.589. The number of aromatic nitrogens is 1. The van der Waals surface area contributed by atoms with Crippen LogP contribution < -0.4 is 10.6 Å². The molecule has 0 saturated heterocycles. The predicted octanol–water partition coefficient (Wildman–Crippen LogP) is 3.02. The van der Waals surface area contributed by atoms with Crippen LogP contribution in [0.15, 0.2) is 11.2 Å². The Bertz CT molecular complexity index is 459. The molecule has 0 saturated carbocycles. The summed E-state index contributed by atoms with van der Waals surface area (Å²) in [7, 11) is 0. The van der Waals surface area contributed by atoms with Crippen LogP contribution in [0.5, 0.6) is 0 Å². The number of hydrogen-bond donors (Lipinski definition) is 2. The Hall–Kier alpha value is -1.14. The molecule has 0 aromatic carbocycles. The highest BCUT2D eigenvalue weighted by Crippen LogP contribution is 2.12. The van der Waals surface area contributed by atoms with Gasteiger partial charge in [0.2, 0.25) is 0 Å². The van der Waals surface area contributed by atoms with E-state index in [4.69, 9.17) is 0 Å². The van der Waals surface area contributed by atoms with E-state index in [0.29, 0.717) is 18.6 Å². The molecular weight excluding hydrogens is 306 g/mol. The Morgan fingerprint density at radius 2 is 1.96 bits per heavy atom. The summed E-state index contributed by atoms with van der Waals surface area (Å²) >= 11 is 1.71. The smallest absolute Gasteiger partial charge is 0.191 e. The molecule has 0 bridgehead atoms. The van der Waals surface area contributed by atoms with Crippen molar-refractivity contribution in [3.05, 3.63) is 16.1 Å². The van der Waals surface area contributed by atoms with Crippen molar-refractivity contribution in [1.29, 1.82) is 0 Å². The molecule has 1 rings (SSSR count). The SMILES string of the molecule is CCNC(=NCc1cnc(C)s1)NCCCN(C(C)C)C(C)C. The van der Waals surface area contributed by atoms with Crippen molar-refractivity contribution in [3.8, 4) is 0 Å². The van der Waals surface area contributed by atoms with Crippen molar-refractivity contribution >= 4 is 17.3 Å². The molecule has 0 aliphatic carbocycles. The summed E-state index contributed by atoms with van der Waals surface area (Å²) in [6.45, 7) is 16.8. The highest BCUT2D eigenvalue weighted by Gasteiger charge is 2.12. The van der Waals surface area contributed by atoms with E-state index < -0.39 is 0 Å². The molecule has 0 amide bonds. The van der Waals surface area contributed by atoms with Crippen LogP contribution in [-0.4, -0.2) is 47.6 Å². The van der Waals surface area contributed by atoms with Gasteiger partial charge in [0.25, 0.3) is 0 Å². The summed E-state index contributed by atoms with van der Waals surface area (Å²) in [5.41, 5.74) is 0. The van der Waals surface area contributed by atoms with Crippen LogP contribution in [0.4, 0.5) is 0 Å². The topological polar surface area (TPSA) is 52.6 Å². The van der Waals surface area contributed by atoms with Crippen LogP contribution in [-0.2, 0) is 6.54 Å². The zero-order valence-electron chi connectivity index (χ0n) is 15.5. The molecule has 1 heterocycles. The normalized spacial score (nSPS) is 12.5. The lowest BCUT2D eigenvalue weighted by molar-refractivity contribution is 0.173. The van der Waals surface area contributed by atoms with Crippen molar-refractivity contribution in [1.82, 2.24) is 20.5 Å². The van der Waals surface area contributed by atoms with Gasteiger partial charge >= 0.3 is 0 Å². The third-order valence-electron chi connectivity index (χ3n) is 3.62. The van der Waals surface area contributed by atoms with Crippen molar-refractivity contribution in [2.45, 2.75) is 66.6 Å². The van der Waals surface area contributed by atoms with Crippen LogP contribution >= 0.6 is 11.3 Å². The summed E-state index contributed by atoms with van der Waals surface area (Å²) in [5.74, 6) is 0.888. The van der Waals surface area contributed by atoms with E-state index in [9.17, 15) is 0 Å². The number of thiazole rings is 1. The lowest BCUT2D eigenvalue weighted by atomic mass is 10.2. The Labute approximate surface area is 145 Å². The highest BCUT2D eigenvalue weighted by atomic mass is 32.1. The summed E-state index contributed by atoms with van der Waals surface area (Å²) in [6.07, 6.45) is 3.02. The van der Waals surface area contributed by atoms with E-state index in [1.807, 2.05) is 13.1 Å². The Kier molecular flexibility index (Phi) is 9.17. The Morgan fingerprint density at radius 3 is 2.48 bits per heavy atom. The zero-order chi connectivity index (χ0) is 17.2. The largest absolute Gasteiger partial charge is 0.357 e. The van der Waals surface area contributed by atoms with E-state index in [2.05, 4.69) is 60.1 Å². The maximum atomic E-state index is 4.64. The molecule has 1 aromatic heterocycles. The molecule has 132 valence electrons. The minimum Gasteiger partial charge on any atom is -0.357 e. The van der Waals surface area contributed by atoms with Crippen molar-refractivity contribution in [3.63, 3.8) is 0 Å². The number of guanidine groups is 1. The second-order valence-corrected chi connectivity index (χ2v) is 7.57. The van der Waals surface area contributed by atoms with E-state index in [1.165, 1.54) is 4.88 Å². The van der Waals surface area contributed by atoms with Gasteiger partial charge in [0.1, 0.15) is 0 Å². The standard InChI is InChI=1S/C17H33N5S/c1-7-18-17(21-12-16-11-20-15(6)23-16)19-9-8-10-22(13(2)3)14(4)5/h11,13-14H,7-10,12H2,1-6H3,(H2,18,19,21). The van der Waals surface area contributed by atoms with Gasteiger partial charge in [-0.25, -0.2) is 9.98 Å². The molecule has 0 atom stereocenters. The Balaban J connectivity index is 2.40. The number of nitrogens with one attached hydrogen (secondary N) is 2. The van der Waals surface area contributed by atoms with Gasteiger partial charge in [-0.05, 0) is 48.0 Å². The molecule has 0 radical (unpaired) electrons. The van der Waals surface area contributed by atoms with Crippen LogP contribution in [0.1, 0.15) is 50.9 Å². The molecule has 0 fully saturated rings. The van der Waals surface area contributed by atoms with Gasteiger partial charge in [0.05, 0.1) is 11.6 Å². The molecule has 6 heteroatoms. The molecule has 0 aliphatic heterocycles. The molecular formula is C17H33N5S. The summed E-state index contributed by atoms with van der Waals surface area (Å²) in [6, 6.07) is 1.18. The number of hydrogen-bond acceptors (Lipinski definition) is 4. The van der Waals surface area contributed by atoms with E-state index in [0.717, 1.165) is 37.0 Å². The van der Waals surface area contributed by atoms with Crippen molar-refractivity contribution < 1.29 is 0 Å². The summed E-state index contributed by atoms with van der Waals surface area (Å²) in [4.78, 5) is 12.6. The van der Waals surface area contributed by atoms with Gasteiger partial charge in [-0.2, -0.15) is 0 Å². The van der Waals surface area contributed by atoms with Gasteiger partial charge in [-0.3, -0.25) is 4.90 Å². The quantitative estimate of drug-likeness (QED) is 0.412. The number of rotatable bonds is 9. The van der Waals surface area contributed by atoms with Crippen LogP contribution in [0, 0.1) is 6.92 Å². The minimum absolute atomic E-state index is 0.589. The van der Waals surface area contributed by atoms with Crippen LogP contribution in [0.25, 0.3) is 0 Å². The van der Waals surface area contributed by atoms with Gasteiger partial charge < -0.3 is 10.6 Å². The molecule has 1 aromatic rings. The fourth-order valence-electron chi connectivity index (χ4n) is 2.56. The lowest BCUT2D eigenvalue weighted by Crippen LogP contribution is -2.41. The van der Waals surface area contributed by atoms with Crippen molar-refractivity contribution in [2.24, 2.45) is 4.99 Å². The first-order valence-electron chi connectivity index (χ1n) is 8.63. The zero-order valence-corrected chi connectivity index (χ0v) is 16.3. The van der Waals surface area contributed by atoms with Gasteiger partial charge in [-0.15, -0.1) is 11.3 Å². The first kappa shape index (κ1) is 19.9. The predicted molar refractivity (Wildman–Crippen MR) is 101 cm³/mol. The molecule has 5 nitrogen and oxygen atoms in total. The molecule has 23 heavy (non-hydrogen) atoms. The molecule has 0 unspecified atom stereocenters. The second kappa shape index (κ2) is 10.6. The number of nitrogens with zero attached hydrogens (tertiary/aromatic N) is 3. The summed E-state index contributed by atoms with van der Waals surface area (Å²) < 4.78 is 0. The average Bonchev–Trinajstić information content (AvgIpc) is 2.89. The van der Waals surface area contributed by atoms with Crippen LogP contribution in [0.2, 0.25) is 0 Å². The first-order chi connectivity index (χ1) is 10.9. The lowest BCUT2D eigenvalue weighted by Gasteiger charge is -2.30. The number of aryl methyl sites for hydroxylation is 1. The first-order valence-corrected chi connectivity index (χ1v) is 9.44. The third-order valence-corrected chi connectivity index (χ3v) is 4.52. The third kappa shape index (κ3) is 7.79. The highest BCUT2D eigenvalue weighted by molar-refractivity contribution is 7.11. The van der Waals surface area contributed by atoms with Crippen LogP contribution in [0.3, 0.4) is 0 Å². The van der Waals surface area contributed by atoms with Gasteiger partial charge in [0.15, 0.2) is 5.96 Å². The van der Waals surface area contributed by atoms with Gasteiger partial charge in [-0.1, -0.05) is 0 Å². The summed E-state index contributed by atoms with van der Waals surface area (Å²) in [5, 5.41) is 7.82. The average molecular weight is 340 g/mol. The van der Waals surface area contributed by atoms with E-state index in [1.54, 1.807) is 11.3 Å². The van der Waals surface area contributed by atoms with Gasteiger partial charge in [0, 0.05) is 42.8 Å². The maximum absolute atomic E-state index is 4.64. The molecule has 2 N–H and O–H groups in total. The molecule has 0 aliphatic rings. The van der Waals surface area contributed by atoms with E-state index >= 15 is 0 Å². The van der Waals surface area contributed by atoms with Crippen molar-refractivity contribution in [2.75, 3.05) is 19.6 Å². The monoisotopic (exact) mass is 339 g/mol. The molecule has 0 spiro atoms. The Morgan fingerprint density at radius 1 is 1.26 bits per heavy atom.